The van der Waals surface area contributed by atoms with Gasteiger partial charge in [0, 0.05) is 12.5 Å². The van der Waals surface area contributed by atoms with E-state index in [4.69, 9.17) is 0 Å². The summed E-state index contributed by atoms with van der Waals surface area (Å²) in [5.74, 6) is -0.250. The van der Waals surface area contributed by atoms with Gasteiger partial charge in [0.25, 0.3) is 0 Å². The van der Waals surface area contributed by atoms with Gasteiger partial charge in [0.1, 0.15) is 6.54 Å². The fourth-order valence-corrected chi connectivity index (χ4v) is 2.93. The Kier molecular flexibility index (Phi) is 4.95. The Morgan fingerprint density at radius 1 is 1.48 bits per heavy atom. The number of amides is 1. The Labute approximate surface area is 129 Å². The van der Waals surface area contributed by atoms with Gasteiger partial charge in [0.15, 0.2) is 5.69 Å². The molecule has 1 aliphatic rings. The molecule has 1 aromatic heterocycles. The standard InChI is InChI=1S/C13H17BrF3N3O/c1-2-3-6-18-9(21)7-20-11(8-4-5-8)10(14)12(19-20)13(15,16)17/h8H,2-7H2,1H3,(H,18,21). The molecule has 0 bridgehead atoms. The fourth-order valence-electron chi connectivity index (χ4n) is 2.10. The zero-order valence-corrected chi connectivity index (χ0v) is 13.2. The highest BCUT2D eigenvalue weighted by Gasteiger charge is 2.41. The van der Waals surface area contributed by atoms with Gasteiger partial charge in [0.2, 0.25) is 5.91 Å². The van der Waals surface area contributed by atoms with Crippen molar-refractivity contribution >= 4 is 21.8 Å². The van der Waals surface area contributed by atoms with E-state index in [9.17, 15) is 18.0 Å². The SMILES string of the molecule is CCCCNC(=O)Cn1nc(C(F)(F)F)c(Br)c1C1CC1. The summed E-state index contributed by atoms with van der Waals surface area (Å²) >= 11 is 3.00. The predicted molar refractivity (Wildman–Crippen MR) is 74.8 cm³/mol. The van der Waals surface area contributed by atoms with Crippen LogP contribution in [0.1, 0.15) is 49.9 Å². The van der Waals surface area contributed by atoms with E-state index in [0.29, 0.717) is 12.2 Å². The van der Waals surface area contributed by atoms with Gasteiger partial charge in [0.05, 0.1) is 10.2 Å². The third-order valence-corrected chi connectivity index (χ3v) is 4.09. The molecule has 0 unspecified atom stereocenters. The zero-order chi connectivity index (χ0) is 15.6. The van der Waals surface area contributed by atoms with E-state index in [1.165, 1.54) is 4.68 Å². The summed E-state index contributed by atoms with van der Waals surface area (Å²) in [4.78, 5) is 11.8. The van der Waals surface area contributed by atoms with E-state index in [-0.39, 0.29) is 22.8 Å². The zero-order valence-electron chi connectivity index (χ0n) is 11.6. The first-order valence-corrected chi connectivity index (χ1v) is 7.74. The van der Waals surface area contributed by atoms with E-state index < -0.39 is 11.9 Å². The summed E-state index contributed by atoms with van der Waals surface area (Å²) in [6, 6.07) is 0. The molecule has 1 aromatic rings. The van der Waals surface area contributed by atoms with E-state index >= 15 is 0 Å². The highest BCUT2D eigenvalue weighted by atomic mass is 79.9. The molecule has 1 aliphatic carbocycles. The van der Waals surface area contributed by atoms with Gasteiger partial charge in [-0.2, -0.15) is 18.3 Å². The van der Waals surface area contributed by atoms with Crippen molar-refractivity contribution in [2.45, 2.75) is 51.2 Å². The van der Waals surface area contributed by atoms with Crippen LogP contribution in [0, 0.1) is 0 Å². The lowest BCUT2D eigenvalue weighted by atomic mass is 10.2. The van der Waals surface area contributed by atoms with E-state index in [0.717, 1.165) is 25.7 Å². The average molecular weight is 368 g/mol. The Morgan fingerprint density at radius 2 is 2.14 bits per heavy atom. The van der Waals surface area contributed by atoms with Crippen molar-refractivity contribution in [2.24, 2.45) is 0 Å². The molecule has 0 radical (unpaired) electrons. The Bertz CT molecular complexity index is 523. The van der Waals surface area contributed by atoms with Crippen LogP contribution in [0.4, 0.5) is 13.2 Å². The molecular weight excluding hydrogens is 351 g/mol. The van der Waals surface area contributed by atoms with Crippen molar-refractivity contribution in [1.29, 1.82) is 0 Å². The number of halogens is 4. The van der Waals surface area contributed by atoms with Crippen molar-refractivity contribution < 1.29 is 18.0 Å². The maximum Gasteiger partial charge on any atom is 0.436 e. The van der Waals surface area contributed by atoms with Crippen LogP contribution in [0.3, 0.4) is 0 Å². The highest BCUT2D eigenvalue weighted by molar-refractivity contribution is 9.10. The summed E-state index contributed by atoms with van der Waals surface area (Å²) in [7, 11) is 0. The van der Waals surface area contributed by atoms with Crippen molar-refractivity contribution in [3.8, 4) is 0 Å². The van der Waals surface area contributed by atoms with Gasteiger partial charge in [-0.25, -0.2) is 0 Å². The summed E-state index contributed by atoms with van der Waals surface area (Å²) in [5, 5.41) is 6.28. The Balaban J connectivity index is 2.16. The summed E-state index contributed by atoms with van der Waals surface area (Å²) < 4.78 is 39.9. The van der Waals surface area contributed by atoms with Gasteiger partial charge in [-0.3, -0.25) is 9.48 Å². The molecule has 1 N–H and O–H groups in total. The third-order valence-electron chi connectivity index (χ3n) is 3.31. The fraction of sp³-hybridized carbons (Fsp3) is 0.692. The topological polar surface area (TPSA) is 46.9 Å². The molecule has 1 heterocycles. The lowest BCUT2D eigenvalue weighted by Crippen LogP contribution is -2.29. The molecule has 2 rings (SSSR count). The van der Waals surface area contributed by atoms with Crippen LogP contribution in [0.25, 0.3) is 0 Å². The Hall–Kier alpha value is -1.05. The van der Waals surface area contributed by atoms with Crippen molar-refractivity contribution in [1.82, 2.24) is 15.1 Å². The maximum absolute atomic E-state index is 12.9. The van der Waals surface area contributed by atoms with Gasteiger partial charge in [-0.15, -0.1) is 0 Å². The molecule has 8 heteroatoms. The molecule has 0 atom stereocenters. The molecular formula is C13H17BrF3N3O. The first-order chi connectivity index (χ1) is 9.84. The number of hydrogen-bond acceptors (Lipinski definition) is 2. The maximum atomic E-state index is 12.9. The summed E-state index contributed by atoms with van der Waals surface area (Å²) in [5.41, 5.74) is -0.473. The summed E-state index contributed by atoms with van der Waals surface area (Å²) in [6.07, 6.45) is -1.07. The predicted octanol–water partition coefficient (Wildman–Crippen LogP) is 3.46. The monoisotopic (exact) mass is 367 g/mol. The van der Waals surface area contributed by atoms with E-state index in [1.807, 2.05) is 6.92 Å². The smallest absolute Gasteiger partial charge is 0.354 e. The lowest BCUT2D eigenvalue weighted by Gasteiger charge is -2.07. The van der Waals surface area contributed by atoms with Gasteiger partial charge < -0.3 is 5.32 Å². The lowest BCUT2D eigenvalue weighted by molar-refractivity contribution is -0.142. The summed E-state index contributed by atoms with van der Waals surface area (Å²) in [6.45, 7) is 2.35. The second kappa shape index (κ2) is 6.37. The largest absolute Gasteiger partial charge is 0.436 e. The molecule has 0 aromatic carbocycles. The first-order valence-electron chi connectivity index (χ1n) is 6.94. The van der Waals surface area contributed by atoms with E-state index in [2.05, 4.69) is 26.3 Å². The van der Waals surface area contributed by atoms with Crippen LogP contribution in [-0.2, 0) is 17.5 Å². The number of nitrogens with one attached hydrogen (secondary N) is 1. The molecule has 4 nitrogen and oxygen atoms in total. The van der Waals surface area contributed by atoms with Gasteiger partial charge in [-0.05, 0) is 35.2 Å². The first kappa shape index (κ1) is 16.3. The van der Waals surface area contributed by atoms with Crippen molar-refractivity contribution in [3.63, 3.8) is 0 Å². The molecule has 0 spiro atoms. The van der Waals surface area contributed by atoms with Crippen LogP contribution >= 0.6 is 15.9 Å². The normalized spacial score (nSPS) is 15.3. The second-order valence-electron chi connectivity index (χ2n) is 5.18. The van der Waals surface area contributed by atoms with Crippen molar-refractivity contribution in [2.75, 3.05) is 6.54 Å². The highest BCUT2D eigenvalue weighted by Crippen LogP contribution is 2.46. The minimum absolute atomic E-state index is 0.0288. The minimum atomic E-state index is -4.52. The molecule has 1 amide bonds. The number of alkyl halides is 3. The number of nitrogens with zero attached hydrogens (tertiary/aromatic N) is 2. The Morgan fingerprint density at radius 3 is 2.67 bits per heavy atom. The quantitative estimate of drug-likeness (QED) is 0.782. The molecule has 0 saturated heterocycles. The number of aromatic nitrogens is 2. The number of carbonyl (C=O) groups excluding carboxylic acids is 1. The van der Waals surface area contributed by atoms with E-state index in [1.54, 1.807) is 0 Å². The van der Waals surface area contributed by atoms with Crippen LogP contribution in [-0.4, -0.2) is 22.2 Å². The molecule has 21 heavy (non-hydrogen) atoms. The second-order valence-corrected chi connectivity index (χ2v) is 5.97. The van der Waals surface area contributed by atoms with Crippen LogP contribution in [0.15, 0.2) is 4.47 Å². The van der Waals surface area contributed by atoms with Crippen molar-refractivity contribution in [3.05, 3.63) is 15.9 Å². The molecule has 1 saturated carbocycles. The number of unbranched alkanes of at least 4 members (excludes halogenated alkanes) is 1. The van der Waals surface area contributed by atoms with Crippen LogP contribution < -0.4 is 5.32 Å². The number of hydrogen-bond donors (Lipinski definition) is 1. The average Bonchev–Trinajstić information content (AvgIpc) is 3.14. The number of rotatable bonds is 6. The molecule has 0 aliphatic heterocycles. The minimum Gasteiger partial charge on any atom is -0.354 e. The van der Waals surface area contributed by atoms with Gasteiger partial charge in [-0.1, -0.05) is 13.3 Å². The van der Waals surface area contributed by atoms with Crippen LogP contribution in [0.5, 0.6) is 0 Å². The van der Waals surface area contributed by atoms with Gasteiger partial charge >= 0.3 is 6.18 Å². The molecule has 118 valence electrons. The third kappa shape index (κ3) is 3.99. The van der Waals surface area contributed by atoms with Crippen LogP contribution in [0.2, 0.25) is 0 Å². The molecule has 1 fully saturated rings. The number of carbonyl (C=O) groups is 1.